The van der Waals surface area contributed by atoms with Gasteiger partial charge in [-0.05, 0) is 45.2 Å². The number of carbonyl (C=O) groups excluding carboxylic acids is 1. The van der Waals surface area contributed by atoms with Crippen LogP contribution in [0.25, 0.3) is 0 Å². The van der Waals surface area contributed by atoms with Crippen molar-refractivity contribution < 1.29 is 14.3 Å². The maximum absolute atomic E-state index is 12.1. The van der Waals surface area contributed by atoms with Crippen LogP contribution in [-0.2, 0) is 4.74 Å². The molecule has 7 heteroatoms. The summed E-state index contributed by atoms with van der Waals surface area (Å²) >= 11 is 5.73. The Kier molecular flexibility index (Phi) is 4.88. The van der Waals surface area contributed by atoms with Crippen molar-refractivity contribution in [2.45, 2.75) is 45.3 Å². The lowest BCUT2D eigenvalue weighted by Gasteiger charge is -2.33. The van der Waals surface area contributed by atoms with E-state index in [1.807, 2.05) is 20.8 Å². The van der Waals surface area contributed by atoms with Crippen molar-refractivity contribution in [1.29, 1.82) is 0 Å². The molecule has 0 aliphatic carbocycles. The van der Waals surface area contributed by atoms with Gasteiger partial charge in [0, 0.05) is 18.8 Å². The van der Waals surface area contributed by atoms with Gasteiger partial charge in [0.2, 0.25) is 11.2 Å². The van der Waals surface area contributed by atoms with Crippen molar-refractivity contribution in [3.05, 3.63) is 17.5 Å². The summed E-state index contributed by atoms with van der Waals surface area (Å²) in [5.41, 5.74) is -0.495. The molecule has 6 nitrogen and oxygen atoms in total. The molecule has 1 amide bonds. The summed E-state index contributed by atoms with van der Waals surface area (Å²) in [5.74, 6) is 0.422. The summed E-state index contributed by atoms with van der Waals surface area (Å²) in [6.07, 6.45) is 2.84. The molecule has 1 aliphatic rings. The molecule has 1 saturated heterocycles. The number of nitrogens with zero attached hydrogens (tertiary/aromatic N) is 3. The lowest BCUT2D eigenvalue weighted by molar-refractivity contribution is 0.00720. The van der Waals surface area contributed by atoms with Gasteiger partial charge in [-0.1, -0.05) is 0 Å². The standard InChI is InChI=1S/C14H20ClN3O3/c1-14(2,3)21-13(19)18-8-4-5-10(9-18)20-11-6-7-16-12(15)17-11/h6-7,10H,4-5,8-9H2,1-3H3/t10-/m0/s1. The van der Waals surface area contributed by atoms with E-state index < -0.39 is 5.60 Å². The molecule has 1 aliphatic heterocycles. The third-order valence-corrected chi connectivity index (χ3v) is 3.10. The van der Waals surface area contributed by atoms with Crippen molar-refractivity contribution in [3.8, 4) is 5.88 Å². The highest BCUT2D eigenvalue weighted by Gasteiger charge is 2.28. The zero-order valence-corrected chi connectivity index (χ0v) is 13.3. The van der Waals surface area contributed by atoms with E-state index in [9.17, 15) is 4.79 Å². The maximum atomic E-state index is 12.1. The van der Waals surface area contributed by atoms with E-state index in [4.69, 9.17) is 21.1 Å². The van der Waals surface area contributed by atoms with Gasteiger partial charge in [-0.3, -0.25) is 0 Å². The third-order valence-electron chi connectivity index (χ3n) is 2.92. The lowest BCUT2D eigenvalue weighted by Crippen LogP contribution is -2.46. The largest absolute Gasteiger partial charge is 0.472 e. The number of halogens is 1. The number of carbonyl (C=O) groups is 1. The van der Waals surface area contributed by atoms with E-state index in [1.165, 1.54) is 0 Å². The van der Waals surface area contributed by atoms with E-state index >= 15 is 0 Å². The second-order valence-corrected chi connectivity index (χ2v) is 6.31. The van der Waals surface area contributed by atoms with Crippen molar-refractivity contribution in [3.63, 3.8) is 0 Å². The van der Waals surface area contributed by atoms with Gasteiger partial charge in [0.05, 0.1) is 6.54 Å². The highest BCUT2D eigenvalue weighted by Crippen LogP contribution is 2.19. The first-order chi connectivity index (χ1) is 9.83. The second-order valence-electron chi connectivity index (χ2n) is 5.97. The van der Waals surface area contributed by atoms with Crippen molar-refractivity contribution in [2.24, 2.45) is 0 Å². The molecule has 0 bridgehead atoms. The quantitative estimate of drug-likeness (QED) is 0.785. The first kappa shape index (κ1) is 15.8. The van der Waals surface area contributed by atoms with Gasteiger partial charge in [-0.15, -0.1) is 0 Å². The SMILES string of the molecule is CC(C)(C)OC(=O)N1CCC[C@H](Oc2ccnc(Cl)n2)C1. The summed E-state index contributed by atoms with van der Waals surface area (Å²) in [4.78, 5) is 21.5. The Balaban J connectivity index is 1.93. The first-order valence-electron chi connectivity index (χ1n) is 6.96. The van der Waals surface area contributed by atoms with E-state index in [0.29, 0.717) is 19.0 Å². The number of hydrogen-bond donors (Lipinski definition) is 0. The Hall–Kier alpha value is -1.56. The lowest BCUT2D eigenvalue weighted by atomic mass is 10.1. The first-order valence-corrected chi connectivity index (χ1v) is 7.34. The zero-order chi connectivity index (χ0) is 15.5. The number of aromatic nitrogens is 2. The summed E-state index contributed by atoms with van der Waals surface area (Å²) in [6.45, 7) is 6.72. The summed E-state index contributed by atoms with van der Waals surface area (Å²) in [6, 6.07) is 1.65. The normalized spacial score (nSPS) is 19.2. The fraction of sp³-hybridized carbons (Fsp3) is 0.643. The van der Waals surface area contributed by atoms with Gasteiger partial charge in [0.1, 0.15) is 11.7 Å². The summed E-state index contributed by atoms with van der Waals surface area (Å²) < 4.78 is 11.1. The topological polar surface area (TPSA) is 64.5 Å². The van der Waals surface area contributed by atoms with Gasteiger partial charge in [0.15, 0.2) is 0 Å². The van der Waals surface area contributed by atoms with Crippen LogP contribution < -0.4 is 4.74 Å². The van der Waals surface area contributed by atoms with Crippen molar-refractivity contribution in [2.75, 3.05) is 13.1 Å². The summed E-state index contributed by atoms with van der Waals surface area (Å²) in [5, 5.41) is 0.146. The monoisotopic (exact) mass is 313 g/mol. The van der Waals surface area contributed by atoms with Crippen LogP contribution in [0.3, 0.4) is 0 Å². The van der Waals surface area contributed by atoms with Gasteiger partial charge >= 0.3 is 6.09 Å². The second kappa shape index (κ2) is 6.47. The van der Waals surface area contributed by atoms with Crippen molar-refractivity contribution in [1.82, 2.24) is 14.9 Å². The Morgan fingerprint density at radius 3 is 2.90 bits per heavy atom. The number of piperidine rings is 1. The molecule has 21 heavy (non-hydrogen) atoms. The average molecular weight is 314 g/mol. The zero-order valence-electron chi connectivity index (χ0n) is 12.5. The van der Waals surface area contributed by atoms with Crippen LogP contribution in [0.15, 0.2) is 12.3 Å². The van der Waals surface area contributed by atoms with E-state index in [2.05, 4.69) is 9.97 Å². The van der Waals surface area contributed by atoms with Crippen molar-refractivity contribution >= 4 is 17.7 Å². The predicted molar refractivity (Wildman–Crippen MR) is 78.5 cm³/mol. The Morgan fingerprint density at radius 1 is 1.48 bits per heavy atom. The highest BCUT2D eigenvalue weighted by atomic mass is 35.5. The molecule has 0 N–H and O–H groups in total. The van der Waals surface area contributed by atoms with Gasteiger partial charge in [-0.2, -0.15) is 4.98 Å². The molecule has 116 valence electrons. The molecule has 2 rings (SSSR count). The van der Waals surface area contributed by atoms with Crippen LogP contribution in [0.5, 0.6) is 5.88 Å². The molecule has 0 aromatic carbocycles. The van der Waals surface area contributed by atoms with E-state index in [-0.39, 0.29) is 17.5 Å². The van der Waals surface area contributed by atoms with Crippen LogP contribution in [0.4, 0.5) is 4.79 Å². The molecule has 1 aromatic heterocycles. The van der Waals surface area contributed by atoms with Gasteiger partial charge in [0.25, 0.3) is 0 Å². The minimum absolute atomic E-state index is 0.114. The Labute approximate surface area is 129 Å². The van der Waals surface area contributed by atoms with E-state index in [1.54, 1.807) is 17.2 Å². The number of rotatable bonds is 2. The van der Waals surface area contributed by atoms with Crippen LogP contribution in [0, 0.1) is 0 Å². The molecule has 0 saturated carbocycles. The molecule has 0 spiro atoms. The predicted octanol–water partition coefficient (Wildman–Crippen LogP) is 2.91. The summed E-state index contributed by atoms with van der Waals surface area (Å²) in [7, 11) is 0. The number of ether oxygens (including phenoxy) is 2. The molecular formula is C14H20ClN3O3. The smallest absolute Gasteiger partial charge is 0.410 e. The van der Waals surface area contributed by atoms with Gasteiger partial charge < -0.3 is 14.4 Å². The minimum atomic E-state index is -0.495. The molecule has 1 aromatic rings. The highest BCUT2D eigenvalue weighted by molar-refractivity contribution is 6.28. The average Bonchev–Trinajstić information content (AvgIpc) is 2.37. The Morgan fingerprint density at radius 2 is 2.24 bits per heavy atom. The van der Waals surface area contributed by atoms with Crippen LogP contribution in [0.1, 0.15) is 33.6 Å². The molecular weight excluding hydrogens is 294 g/mol. The number of hydrogen-bond acceptors (Lipinski definition) is 5. The fourth-order valence-corrected chi connectivity index (χ4v) is 2.22. The minimum Gasteiger partial charge on any atom is -0.472 e. The maximum Gasteiger partial charge on any atom is 0.410 e. The third kappa shape index (κ3) is 5.04. The molecule has 1 atom stereocenters. The van der Waals surface area contributed by atoms with E-state index in [0.717, 1.165) is 12.8 Å². The molecule has 2 heterocycles. The molecule has 1 fully saturated rings. The fourth-order valence-electron chi connectivity index (χ4n) is 2.08. The molecule has 0 radical (unpaired) electrons. The molecule has 0 unspecified atom stereocenters. The van der Waals surface area contributed by atoms with Gasteiger partial charge in [-0.25, -0.2) is 9.78 Å². The number of likely N-dealkylation sites (tertiary alicyclic amines) is 1. The van der Waals surface area contributed by atoms with Crippen LogP contribution in [0.2, 0.25) is 5.28 Å². The van der Waals surface area contributed by atoms with Crippen LogP contribution in [-0.4, -0.2) is 45.8 Å². The number of amides is 1. The van der Waals surface area contributed by atoms with Crippen LogP contribution >= 0.6 is 11.6 Å². The Bertz CT molecular complexity index is 504.